The van der Waals surface area contributed by atoms with Crippen LogP contribution in [-0.4, -0.2) is 34.8 Å². The highest BCUT2D eigenvalue weighted by Crippen LogP contribution is 2.25. The summed E-state index contributed by atoms with van der Waals surface area (Å²) >= 11 is 0. The molecule has 1 saturated heterocycles. The molecule has 1 aromatic rings. The Bertz CT molecular complexity index is 742. The van der Waals surface area contributed by atoms with Crippen molar-refractivity contribution in [1.82, 2.24) is 15.5 Å². The molecular formula is C20H27N3O3. The van der Waals surface area contributed by atoms with Gasteiger partial charge in [0.2, 0.25) is 5.91 Å². The van der Waals surface area contributed by atoms with E-state index in [1.54, 1.807) is 13.8 Å². The molecule has 26 heavy (non-hydrogen) atoms. The second-order valence-corrected chi connectivity index (χ2v) is 7.79. The van der Waals surface area contributed by atoms with Crippen molar-refractivity contribution in [2.45, 2.75) is 64.5 Å². The number of urea groups is 1. The Kier molecular flexibility index (Phi) is 5.03. The molecule has 1 aromatic carbocycles. The van der Waals surface area contributed by atoms with Crippen LogP contribution in [0.25, 0.3) is 0 Å². The molecule has 0 aromatic heterocycles. The Morgan fingerprint density at radius 2 is 1.92 bits per heavy atom. The average Bonchev–Trinajstić information content (AvgIpc) is 2.80. The van der Waals surface area contributed by atoms with Crippen molar-refractivity contribution in [3.8, 4) is 0 Å². The zero-order chi connectivity index (χ0) is 18.9. The third-order valence-electron chi connectivity index (χ3n) is 5.26. The molecule has 0 bridgehead atoms. The van der Waals surface area contributed by atoms with Crippen molar-refractivity contribution in [1.29, 1.82) is 0 Å². The van der Waals surface area contributed by atoms with Gasteiger partial charge in [0.25, 0.3) is 5.91 Å². The zero-order valence-electron chi connectivity index (χ0n) is 15.7. The third-order valence-corrected chi connectivity index (χ3v) is 5.26. The van der Waals surface area contributed by atoms with E-state index >= 15 is 0 Å². The van der Waals surface area contributed by atoms with Crippen LogP contribution in [0.2, 0.25) is 0 Å². The molecule has 0 saturated carbocycles. The van der Waals surface area contributed by atoms with E-state index in [4.69, 9.17) is 0 Å². The minimum Gasteiger partial charge on any atom is -0.350 e. The van der Waals surface area contributed by atoms with Gasteiger partial charge in [0.15, 0.2) is 0 Å². The Hall–Kier alpha value is -2.37. The lowest BCUT2D eigenvalue weighted by Gasteiger charge is -2.20. The van der Waals surface area contributed by atoms with Crippen LogP contribution in [0.15, 0.2) is 18.2 Å². The van der Waals surface area contributed by atoms with Crippen molar-refractivity contribution in [2.24, 2.45) is 0 Å². The van der Waals surface area contributed by atoms with Gasteiger partial charge in [-0.15, -0.1) is 0 Å². The van der Waals surface area contributed by atoms with Crippen LogP contribution in [0.3, 0.4) is 0 Å². The molecular weight excluding hydrogens is 330 g/mol. The van der Waals surface area contributed by atoms with E-state index in [-0.39, 0.29) is 30.8 Å². The highest BCUT2D eigenvalue weighted by Gasteiger charge is 2.44. The molecule has 1 atom stereocenters. The van der Waals surface area contributed by atoms with E-state index in [1.807, 2.05) is 6.92 Å². The lowest BCUT2D eigenvalue weighted by molar-refractivity contribution is -0.130. The molecule has 3 rings (SSSR count). The normalized spacial score (nSPS) is 19.7. The third kappa shape index (κ3) is 3.74. The lowest BCUT2D eigenvalue weighted by Crippen LogP contribution is -2.40. The number of benzene rings is 1. The molecule has 6 nitrogen and oxygen atoms in total. The van der Waals surface area contributed by atoms with E-state index in [0.717, 1.165) is 23.3 Å². The van der Waals surface area contributed by atoms with Crippen LogP contribution in [-0.2, 0) is 22.4 Å². The number of carbonyl (C=O) groups excluding carboxylic acids is 3. The smallest absolute Gasteiger partial charge is 0.325 e. The summed E-state index contributed by atoms with van der Waals surface area (Å²) in [4.78, 5) is 37.4. The fraction of sp³-hybridized carbons (Fsp3) is 0.550. The first kappa shape index (κ1) is 18.4. The maximum absolute atomic E-state index is 12.3. The van der Waals surface area contributed by atoms with Gasteiger partial charge in [0, 0.05) is 13.0 Å². The number of hydrogen-bond donors (Lipinski definition) is 2. The summed E-state index contributed by atoms with van der Waals surface area (Å²) in [6.07, 6.45) is 4.81. The van der Waals surface area contributed by atoms with Gasteiger partial charge in [0.1, 0.15) is 5.54 Å². The molecule has 4 amide bonds. The summed E-state index contributed by atoms with van der Waals surface area (Å²) in [5, 5.41) is 5.59. The van der Waals surface area contributed by atoms with E-state index < -0.39 is 11.6 Å². The Morgan fingerprint density at radius 1 is 1.23 bits per heavy atom. The maximum Gasteiger partial charge on any atom is 0.325 e. The molecule has 1 aliphatic carbocycles. The molecule has 6 heteroatoms. The molecule has 0 spiro atoms. The summed E-state index contributed by atoms with van der Waals surface area (Å²) in [7, 11) is 0. The first-order valence-corrected chi connectivity index (χ1v) is 9.33. The average molecular weight is 357 g/mol. The topological polar surface area (TPSA) is 78.5 Å². The Morgan fingerprint density at radius 3 is 2.58 bits per heavy atom. The van der Waals surface area contributed by atoms with Crippen LogP contribution in [0.4, 0.5) is 4.79 Å². The number of carbonyl (C=O) groups is 3. The quantitative estimate of drug-likeness (QED) is 0.795. The number of nitrogens with zero attached hydrogens (tertiary/aromatic N) is 1. The summed E-state index contributed by atoms with van der Waals surface area (Å²) in [6.45, 7) is 5.37. The van der Waals surface area contributed by atoms with Crippen molar-refractivity contribution in [3.05, 3.63) is 34.9 Å². The first-order chi connectivity index (χ1) is 12.3. The minimum absolute atomic E-state index is 0.0941. The number of nitrogens with one attached hydrogen (secondary N) is 2. The summed E-state index contributed by atoms with van der Waals surface area (Å²) < 4.78 is 0. The van der Waals surface area contributed by atoms with Gasteiger partial charge in [0.05, 0.1) is 6.04 Å². The van der Waals surface area contributed by atoms with Crippen molar-refractivity contribution < 1.29 is 14.4 Å². The predicted molar refractivity (Wildman–Crippen MR) is 98.6 cm³/mol. The van der Waals surface area contributed by atoms with Crippen LogP contribution in [0.5, 0.6) is 0 Å². The number of amides is 4. The van der Waals surface area contributed by atoms with Crippen LogP contribution in [0, 0.1) is 0 Å². The van der Waals surface area contributed by atoms with Crippen LogP contribution >= 0.6 is 0 Å². The van der Waals surface area contributed by atoms with Crippen molar-refractivity contribution >= 4 is 17.8 Å². The molecule has 1 aliphatic heterocycles. The zero-order valence-corrected chi connectivity index (χ0v) is 15.7. The van der Waals surface area contributed by atoms with E-state index in [2.05, 4.69) is 28.8 Å². The SMILES string of the molecule is C[C@@H](NC(=O)CCN1C(=O)NC(C)(C)C1=O)c1ccc2c(c1)CCCC2. The molecule has 2 aliphatic rings. The van der Waals surface area contributed by atoms with Gasteiger partial charge in [-0.3, -0.25) is 14.5 Å². The summed E-state index contributed by atoms with van der Waals surface area (Å²) in [6, 6.07) is 5.90. The molecule has 0 radical (unpaired) electrons. The van der Waals surface area contributed by atoms with E-state index in [0.29, 0.717) is 0 Å². The van der Waals surface area contributed by atoms with Crippen LogP contribution in [0.1, 0.15) is 62.8 Å². The number of aryl methyl sites for hydroxylation is 2. The van der Waals surface area contributed by atoms with E-state index in [1.165, 1.54) is 24.0 Å². The fourth-order valence-electron chi connectivity index (χ4n) is 3.65. The molecule has 140 valence electrons. The second kappa shape index (κ2) is 7.09. The minimum atomic E-state index is -0.899. The van der Waals surface area contributed by atoms with Gasteiger partial charge in [-0.05, 0) is 63.1 Å². The van der Waals surface area contributed by atoms with Gasteiger partial charge >= 0.3 is 6.03 Å². The first-order valence-electron chi connectivity index (χ1n) is 9.33. The van der Waals surface area contributed by atoms with Gasteiger partial charge in [-0.2, -0.15) is 0 Å². The molecule has 0 unspecified atom stereocenters. The maximum atomic E-state index is 12.3. The van der Waals surface area contributed by atoms with E-state index in [9.17, 15) is 14.4 Å². The van der Waals surface area contributed by atoms with Gasteiger partial charge in [-0.25, -0.2) is 4.79 Å². The predicted octanol–water partition coefficient (Wildman–Crippen LogP) is 2.46. The molecule has 1 heterocycles. The van der Waals surface area contributed by atoms with Gasteiger partial charge in [-0.1, -0.05) is 18.2 Å². The summed E-state index contributed by atoms with van der Waals surface area (Å²) in [5.74, 6) is -0.460. The van der Waals surface area contributed by atoms with Crippen molar-refractivity contribution in [3.63, 3.8) is 0 Å². The number of fused-ring (bicyclic) bond motifs is 1. The van der Waals surface area contributed by atoms with Crippen LogP contribution < -0.4 is 10.6 Å². The molecule has 2 N–H and O–H groups in total. The monoisotopic (exact) mass is 357 g/mol. The number of hydrogen-bond acceptors (Lipinski definition) is 3. The number of rotatable bonds is 5. The fourth-order valence-corrected chi connectivity index (χ4v) is 3.65. The standard InChI is InChI=1S/C20H27N3O3/c1-13(15-9-8-14-6-4-5-7-16(14)12-15)21-17(24)10-11-23-18(25)20(2,3)22-19(23)26/h8-9,12-13H,4-7,10-11H2,1-3H3,(H,21,24)(H,22,26)/t13-/m1/s1. The largest absolute Gasteiger partial charge is 0.350 e. The highest BCUT2D eigenvalue weighted by molar-refractivity contribution is 6.06. The number of imide groups is 1. The van der Waals surface area contributed by atoms with Crippen molar-refractivity contribution in [2.75, 3.05) is 6.54 Å². The second-order valence-electron chi connectivity index (χ2n) is 7.79. The highest BCUT2D eigenvalue weighted by atomic mass is 16.2. The summed E-state index contributed by atoms with van der Waals surface area (Å²) in [5.41, 5.74) is 3.00. The Balaban J connectivity index is 1.55. The molecule has 1 fully saturated rings. The Labute approximate surface area is 154 Å². The van der Waals surface area contributed by atoms with Gasteiger partial charge < -0.3 is 10.6 Å². The lowest BCUT2D eigenvalue weighted by atomic mass is 9.89.